The highest BCUT2D eigenvalue weighted by atomic mass is 35.5. The third-order valence-corrected chi connectivity index (χ3v) is 4.69. The summed E-state index contributed by atoms with van der Waals surface area (Å²) in [5.41, 5.74) is 3.31. The zero-order valence-corrected chi connectivity index (χ0v) is 15.7. The third kappa shape index (κ3) is 3.98. The van der Waals surface area contributed by atoms with Crippen molar-refractivity contribution in [1.82, 2.24) is 9.88 Å². The van der Waals surface area contributed by atoms with E-state index in [1.54, 1.807) is 18.4 Å². The van der Waals surface area contributed by atoms with Crippen LogP contribution in [0, 0.1) is 0 Å². The van der Waals surface area contributed by atoms with Crippen molar-refractivity contribution in [1.29, 1.82) is 0 Å². The van der Waals surface area contributed by atoms with Crippen molar-refractivity contribution < 1.29 is 4.74 Å². The van der Waals surface area contributed by atoms with E-state index in [0.717, 1.165) is 34.2 Å². The van der Waals surface area contributed by atoms with Gasteiger partial charge in [-0.1, -0.05) is 41.7 Å². The molecule has 1 heterocycles. The summed E-state index contributed by atoms with van der Waals surface area (Å²) in [4.78, 5) is 6.88. The highest BCUT2D eigenvalue weighted by Gasteiger charge is 2.14. The highest BCUT2D eigenvalue weighted by Crippen LogP contribution is 2.39. The summed E-state index contributed by atoms with van der Waals surface area (Å²) in [6.07, 6.45) is 0. The summed E-state index contributed by atoms with van der Waals surface area (Å²) >= 11 is 1.68. The molecule has 0 amide bonds. The molecular weight excluding hydrogens is 342 g/mol. The summed E-state index contributed by atoms with van der Waals surface area (Å²) < 4.78 is 6.64. The summed E-state index contributed by atoms with van der Waals surface area (Å²) in [5, 5.41) is 4.34. The predicted molar refractivity (Wildman–Crippen MR) is 106 cm³/mol. The van der Waals surface area contributed by atoms with Crippen LogP contribution in [-0.4, -0.2) is 44.2 Å². The Bertz CT molecular complexity index is 790. The van der Waals surface area contributed by atoms with Gasteiger partial charge in [0, 0.05) is 18.7 Å². The topological polar surface area (TPSA) is 37.4 Å². The number of anilines is 1. The van der Waals surface area contributed by atoms with Crippen LogP contribution in [0.2, 0.25) is 0 Å². The summed E-state index contributed by atoms with van der Waals surface area (Å²) in [6, 6.07) is 14.5. The van der Waals surface area contributed by atoms with E-state index >= 15 is 0 Å². The van der Waals surface area contributed by atoms with Crippen LogP contribution in [0.15, 0.2) is 42.5 Å². The first kappa shape index (κ1) is 18.5. The number of nitrogens with zero attached hydrogens (tertiary/aromatic N) is 2. The van der Waals surface area contributed by atoms with Crippen molar-refractivity contribution in [3.8, 4) is 16.9 Å². The molecule has 24 heavy (non-hydrogen) atoms. The van der Waals surface area contributed by atoms with Crippen LogP contribution in [-0.2, 0) is 0 Å². The first-order chi connectivity index (χ1) is 11.2. The van der Waals surface area contributed by atoms with Gasteiger partial charge in [0.15, 0.2) is 5.13 Å². The SMILES string of the molecule is COc1ccc(-c2ccccc2)c2sc(NCCN(C)C)nc12.Cl. The Labute approximate surface area is 152 Å². The van der Waals surface area contributed by atoms with Gasteiger partial charge in [0.25, 0.3) is 0 Å². The molecule has 0 saturated carbocycles. The lowest BCUT2D eigenvalue weighted by Gasteiger charge is -2.08. The molecule has 0 fully saturated rings. The summed E-state index contributed by atoms with van der Waals surface area (Å²) in [6.45, 7) is 1.84. The van der Waals surface area contributed by atoms with Crippen molar-refractivity contribution in [2.24, 2.45) is 0 Å². The molecule has 1 aromatic heterocycles. The molecule has 0 radical (unpaired) electrons. The van der Waals surface area contributed by atoms with E-state index in [2.05, 4.69) is 54.6 Å². The van der Waals surface area contributed by atoms with Crippen LogP contribution in [0.5, 0.6) is 5.75 Å². The van der Waals surface area contributed by atoms with Crippen LogP contribution in [0.25, 0.3) is 21.3 Å². The number of methoxy groups -OCH3 is 1. The van der Waals surface area contributed by atoms with Gasteiger partial charge in [0.1, 0.15) is 11.3 Å². The van der Waals surface area contributed by atoms with Crippen molar-refractivity contribution in [3.63, 3.8) is 0 Å². The van der Waals surface area contributed by atoms with Crippen LogP contribution in [0.3, 0.4) is 0 Å². The number of ether oxygens (including phenoxy) is 1. The number of rotatable bonds is 6. The minimum absolute atomic E-state index is 0. The third-order valence-electron chi connectivity index (χ3n) is 3.65. The Kier molecular flexibility index (Phi) is 6.43. The Balaban J connectivity index is 0.00000208. The van der Waals surface area contributed by atoms with Gasteiger partial charge in [-0.15, -0.1) is 12.4 Å². The standard InChI is InChI=1S/C18H21N3OS.ClH/c1-21(2)12-11-19-18-20-16-15(22-3)10-9-14(17(16)23-18)13-7-5-4-6-8-13;/h4-10H,11-12H2,1-3H3,(H,19,20);1H. The molecule has 0 saturated heterocycles. The van der Waals surface area contributed by atoms with Gasteiger partial charge in [-0.3, -0.25) is 0 Å². The molecule has 0 unspecified atom stereocenters. The molecule has 0 bridgehead atoms. The minimum Gasteiger partial charge on any atom is -0.494 e. The fourth-order valence-electron chi connectivity index (χ4n) is 2.46. The fourth-order valence-corrected chi connectivity index (χ4v) is 3.50. The average molecular weight is 364 g/mol. The van der Waals surface area contributed by atoms with Gasteiger partial charge >= 0.3 is 0 Å². The Morgan fingerprint density at radius 1 is 1.12 bits per heavy atom. The largest absolute Gasteiger partial charge is 0.494 e. The molecule has 6 heteroatoms. The zero-order chi connectivity index (χ0) is 16.2. The molecule has 4 nitrogen and oxygen atoms in total. The molecule has 3 rings (SSSR count). The van der Waals surface area contributed by atoms with E-state index in [4.69, 9.17) is 9.72 Å². The van der Waals surface area contributed by atoms with Crippen molar-refractivity contribution in [2.75, 3.05) is 39.6 Å². The molecule has 3 aromatic rings. The number of benzene rings is 2. The number of halogens is 1. The highest BCUT2D eigenvalue weighted by molar-refractivity contribution is 7.22. The molecule has 128 valence electrons. The second kappa shape index (κ2) is 8.33. The van der Waals surface area contributed by atoms with Crippen LogP contribution in [0.4, 0.5) is 5.13 Å². The van der Waals surface area contributed by atoms with Crippen molar-refractivity contribution >= 4 is 39.1 Å². The second-order valence-corrected chi connectivity index (χ2v) is 6.61. The zero-order valence-electron chi connectivity index (χ0n) is 14.1. The van der Waals surface area contributed by atoms with E-state index in [9.17, 15) is 0 Å². The smallest absolute Gasteiger partial charge is 0.183 e. The van der Waals surface area contributed by atoms with Crippen LogP contribution >= 0.6 is 23.7 Å². The van der Waals surface area contributed by atoms with E-state index in [1.807, 2.05) is 12.1 Å². The first-order valence-corrected chi connectivity index (χ1v) is 8.42. The number of nitrogens with one attached hydrogen (secondary N) is 1. The maximum Gasteiger partial charge on any atom is 0.183 e. The second-order valence-electron chi connectivity index (χ2n) is 5.61. The summed E-state index contributed by atoms with van der Waals surface area (Å²) in [5.74, 6) is 0.816. The maximum absolute atomic E-state index is 5.48. The monoisotopic (exact) mass is 363 g/mol. The van der Waals surface area contributed by atoms with E-state index in [0.29, 0.717) is 0 Å². The van der Waals surface area contributed by atoms with E-state index in [1.165, 1.54) is 11.1 Å². The first-order valence-electron chi connectivity index (χ1n) is 7.60. The lowest BCUT2D eigenvalue weighted by Crippen LogP contribution is -2.20. The average Bonchev–Trinajstić information content (AvgIpc) is 2.98. The Hall–Kier alpha value is -1.82. The molecule has 0 aliphatic carbocycles. The lowest BCUT2D eigenvalue weighted by molar-refractivity contribution is 0.419. The fraction of sp³-hybridized carbons (Fsp3) is 0.278. The molecular formula is C18H22ClN3OS. The molecule has 2 aromatic carbocycles. The van der Waals surface area contributed by atoms with Gasteiger partial charge in [-0.2, -0.15) is 0 Å². The number of thiazole rings is 1. The minimum atomic E-state index is 0. The summed E-state index contributed by atoms with van der Waals surface area (Å²) in [7, 11) is 5.82. The number of aromatic nitrogens is 1. The maximum atomic E-state index is 5.48. The van der Waals surface area contributed by atoms with Gasteiger partial charge in [0.2, 0.25) is 0 Å². The van der Waals surface area contributed by atoms with Gasteiger partial charge in [-0.25, -0.2) is 4.98 Å². The van der Waals surface area contributed by atoms with Crippen LogP contribution < -0.4 is 10.1 Å². The normalized spacial score (nSPS) is 10.7. The lowest BCUT2D eigenvalue weighted by atomic mass is 10.1. The molecule has 0 aliphatic heterocycles. The van der Waals surface area contributed by atoms with Gasteiger partial charge < -0.3 is 15.0 Å². The quantitative estimate of drug-likeness (QED) is 0.705. The predicted octanol–water partition coefficient (Wildman–Crippen LogP) is 4.37. The van der Waals surface area contributed by atoms with Crippen molar-refractivity contribution in [2.45, 2.75) is 0 Å². The molecule has 1 N–H and O–H groups in total. The Morgan fingerprint density at radius 3 is 2.54 bits per heavy atom. The van der Waals surface area contributed by atoms with E-state index < -0.39 is 0 Å². The van der Waals surface area contributed by atoms with Gasteiger partial charge in [0.05, 0.1) is 11.8 Å². The molecule has 0 aliphatic rings. The van der Waals surface area contributed by atoms with Crippen LogP contribution in [0.1, 0.15) is 0 Å². The number of likely N-dealkylation sites (N-methyl/N-ethyl adjacent to an activating group) is 1. The number of hydrogen-bond donors (Lipinski definition) is 1. The molecule has 0 atom stereocenters. The molecule has 0 spiro atoms. The Morgan fingerprint density at radius 2 is 1.88 bits per heavy atom. The van der Waals surface area contributed by atoms with E-state index in [-0.39, 0.29) is 12.4 Å². The number of hydrogen-bond acceptors (Lipinski definition) is 5. The van der Waals surface area contributed by atoms with Gasteiger partial charge in [-0.05, 0) is 31.8 Å². The van der Waals surface area contributed by atoms with Crippen molar-refractivity contribution in [3.05, 3.63) is 42.5 Å². The number of fused-ring (bicyclic) bond motifs is 1.